The summed E-state index contributed by atoms with van der Waals surface area (Å²) in [5, 5.41) is 7.92. The normalized spacial score (nSPS) is 23.7. The van der Waals surface area contributed by atoms with E-state index in [4.69, 9.17) is 0 Å². The van der Waals surface area contributed by atoms with E-state index in [9.17, 15) is 4.79 Å². The van der Waals surface area contributed by atoms with Gasteiger partial charge in [0.25, 0.3) is 5.91 Å². The number of halogens is 1. The predicted molar refractivity (Wildman–Crippen MR) is 88.6 cm³/mol. The summed E-state index contributed by atoms with van der Waals surface area (Å²) in [4.78, 5) is 16.8. The van der Waals surface area contributed by atoms with Crippen molar-refractivity contribution >= 4 is 18.3 Å². The van der Waals surface area contributed by atoms with E-state index < -0.39 is 0 Å². The van der Waals surface area contributed by atoms with E-state index in [1.165, 1.54) is 6.42 Å². The van der Waals surface area contributed by atoms with Crippen LogP contribution in [-0.2, 0) is 0 Å². The van der Waals surface area contributed by atoms with Crippen LogP contribution in [0.5, 0.6) is 0 Å². The highest BCUT2D eigenvalue weighted by molar-refractivity contribution is 5.92. The van der Waals surface area contributed by atoms with Gasteiger partial charge in [-0.25, -0.2) is 0 Å². The highest BCUT2D eigenvalue weighted by atomic mass is 35.5. The molecule has 2 aliphatic rings. The second-order valence-corrected chi connectivity index (χ2v) is 6.13. The van der Waals surface area contributed by atoms with Crippen molar-refractivity contribution in [3.8, 4) is 0 Å². The summed E-state index contributed by atoms with van der Waals surface area (Å²) >= 11 is 0. The Hall–Kier alpha value is -1.11. The summed E-state index contributed by atoms with van der Waals surface area (Å²) in [6.45, 7) is 5.67. The van der Waals surface area contributed by atoms with Crippen LogP contribution in [0, 0.1) is 0 Å². The zero-order valence-corrected chi connectivity index (χ0v) is 14.0. The van der Waals surface area contributed by atoms with E-state index in [0.29, 0.717) is 11.7 Å². The van der Waals surface area contributed by atoms with E-state index in [0.717, 1.165) is 52.1 Å². The van der Waals surface area contributed by atoms with Gasteiger partial charge in [-0.15, -0.1) is 12.4 Å². The predicted octanol–water partition coefficient (Wildman–Crippen LogP) is 1.01. The van der Waals surface area contributed by atoms with Crippen LogP contribution in [0.15, 0.2) is 12.3 Å². The van der Waals surface area contributed by atoms with Crippen molar-refractivity contribution in [3.05, 3.63) is 18.0 Å². The summed E-state index contributed by atoms with van der Waals surface area (Å²) in [7, 11) is 2.11. The summed E-state index contributed by atoms with van der Waals surface area (Å²) in [6, 6.07) is 2.25. The number of nitrogens with one attached hydrogen (secondary N) is 1. The molecule has 2 fully saturated rings. The van der Waals surface area contributed by atoms with E-state index >= 15 is 0 Å². The minimum atomic E-state index is 0. The van der Waals surface area contributed by atoms with Gasteiger partial charge in [0.15, 0.2) is 0 Å². The molecular formula is C15H26ClN5O. The Morgan fingerprint density at radius 2 is 2.14 bits per heavy atom. The molecule has 22 heavy (non-hydrogen) atoms. The van der Waals surface area contributed by atoms with Gasteiger partial charge < -0.3 is 15.1 Å². The molecule has 0 bridgehead atoms. The van der Waals surface area contributed by atoms with E-state index in [1.54, 1.807) is 0 Å². The average molecular weight is 328 g/mol. The minimum absolute atomic E-state index is 0. The van der Waals surface area contributed by atoms with Crippen LogP contribution >= 0.6 is 12.4 Å². The second-order valence-electron chi connectivity index (χ2n) is 6.13. The van der Waals surface area contributed by atoms with E-state index in [2.05, 4.69) is 22.4 Å². The number of rotatable bonds is 2. The Labute approximate surface area is 138 Å². The number of amides is 1. The molecule has 1 N–H and O–H groups in total. The van der Waals surface area contributed by atoms with Crippen LogP contribution < -0.4 is 5.32 Å². The molecule has 124 valence electrons. The summed E-state index contributed by atoms with van der Waals surface area (Å²) < 4.78 is 1.96. The van der Waals surface area contributed by atoms with Crippen molar-refractivity contribution in [2.45, 2.75) is 25.3 Å². The zero-order chi connectivity index (χ0) is 14.7. The van der Waals surface area contributed by atoms with Crippen molar-refractivity contribution in [1.82, 2.24) is 24.9 Å². The molecule has 0 radical (unpaired) electrons. The lowest BCUT2D eigenvalue weighted by Crippen LogP contribution is -2.35. The first-order valence-electron chi connectivity index (χ1n) is 7.98. The number of hydrogen-bond donors (Lipinski definition) is 1. The largest absolute Gasteiger partial charge is 0.336 e. The molecule has 0 saturated carbocycles. The van der Waals surface area contributed by atoms with Crippen molar-refractivity contribution in [1.29, 1.82) is 0 Å². The minimum Gasteiger partial charge on any atom is -0.336 e. The number of carbonyl (C=O) groups is 1. The molecule has 1 unspecified atom stereocenters. The highest BCUT2D eigenvalue weighted by Crippen LogP contribution is 2.16. The van der Waals surface area contributed by atoms with Crippen molar-refractivity contribution < 1.29 is 4.79 Å². The topological polar surface area (TPSA) is 53.4 Å². The highest BCUT2D eigenvalue weighted by Gasteiger charge is 2.22. The lowest BCUT2D eigenvalue weighted by atomic mass is 10.1. The molecular weight excluding hydrogens is 302 g/mol. The van der Waals surface area contributed by atoms with Gasteiger partial charge in [-0.1, -0.05) is 0 Å². The van der Waals surface area contributed by atoms with Gasteiger partial charge in [-0.05, 0) is 45.5 Å². The SMILES string of the molecule is CN1CCCN(C(=O)c2ccn(C3CCCNC3)n2)CC1.Cl. The lowest BCUT2D eigenvalue weighted by molar-refractivity contribution is 0.0755. The van der Waals surface area contributed by atoms with Crippen LogP contribution in [0.2, 0.25) is 0 Å². The zero-order valence-electron chi connectivity index (χ0n) is 13.2. The number of carbonyl (C=O) groups excluding carboxylic acids is 1. The van der Waals surface area contributed by atoms with Crippen molar-refractivity contribution in [2.24, 2.45) is 0 Å². The van der Waals surface area contributed by atoms with Crippen molar-refractivity contribution in [3.63, 3.8) is 0 Å². The van der Waals surface area contributed by atoms with Gasteiger partial charge in [0.1, 0.15) is 5.69 Å². The molecule has 0 aromatic carbocycles. The number of piperidine rings is 1. The molecule has 2 aliphatic heterocycles. The maximum absolute atomic E-state index is 12.6. The van der Waals surface area contributed by atoms with Crippen LogP contribution in [0.1, 0.15) is 35.8 Å². The molecule has 1 atom stereocenters. The van der Waals surface area contributed by atoms with Crippen LogP contribution in [-0.4, -0.2) is 71.8 Å². The first-order chi connectivity index (χ1) is 10.2. The van der Waals surface area contributed by atoms with Gasteiger partial charge >= 0.3 is 0 Å². The van der Waals surface area contributed by atoms with Gasteiger partial charge in [-0.3, -0.25) is 9.48 Å². The molecule has 1 amide bonds. The third-order valence-corrected chi connectivity index (χ3v) is 4.48. The maximum Gasteiger partial charge on any atom is 0.274 e. The summed E-state index contributed by atoms with van der Waals surface area (Å²) in [5.74, 6) is 0.0767. The van der Waals surface area contributed by atoms with Gasteiger partial charge in [0.05, 0.1) is 6.04 Å². The first-order valence-corrected chi connectivity index (χ1v) is 7.98. The van der Waals surface area contributed by atoms with E-state index in [1.807, 2.05) is 21.8 Å². The van der Waals surface area contributed by atoms with Crippen LogP contribution in [0.25, 0.3) is 0 Å². The van der Waals surface area contributed by atoms with Gasteiger partial charge in [0.2, 0.25) is 0 Å². The Morgan fingerprint density at radius 3 is 2.91 bits per heavy atom. The molecule has 1 aromatic rings. The Bertz CT molecular complexity index is 486. The number of nitrogens with zero attached hydrogens (tertiary/aromatic N) is 4. The Morgan fingerprint density at radius 1 is 1.27 bits per heavy atom. The molecule has 2 saturated heterocycles. The summed E-state index contributed by atoms with van der Waals surface area (Å²) in [6.07, 6.45) is 5.30. The third kappa shape index (κ3) is 4.00. The molecule has 6 nitrogen and oxygen atoms in total. The molecule has 0 spiro atoms. The summed E-state index contributed by atoms with van der Waals surface area (Å²) in [5.41, 5.74) is 0.588. The fraction of sp³-hybridized carbons (Fsp3) is 0.733. The molecule has 3 heterocycles. The number of hydrogen-bond acceptors (Lipinski definition) is 4. The van der Waals surface area contributed by atoms with Crippen molar-refractivity contribution in [2.75, 3.05) is 46.3 Å². The van der Waals surface area contributed by atoms with Gasteiger partial charge in [-0.2, -0.15) is 5.10 Å². The molecule has 1 aromatic heterocycles. The average Bonchev–Trinajstić information content (AvgIpc) is 2.91. The Kier molecular flexibility index (Phi) is 6.23. The smallest absolute Gasteiger partial charge is 0.274 e. The lowest BCUT2D eigenvalue weighted by Gasteiger charge is -2.23. The quantitative estimate of drug-likeness (QED) is 0.881. The number of aromatic nitrogens is 2. The molecule has 3 rings (SSSR count). The Balaban J connectivity index is 0.00000176. The van der Waals surface area contributed by atoms with E-state index in [-0.39, 0.29) is 18.3 Å². The first kappa shape index (κ1) is 17.2. The maximum atomic E-state index is 12.6. The van der Waals surface area contributed by atoms with Gasteiger partial charge in [0, 0.05) is 32.4 Å². The van der Waals surface area contributed by atoms with Crippen LogP contribution in [0.4, 0.5) is 0 Å². The fourth-order valence-corrected chi connectivity index (χ4v) is 3.13. The monoisotopic (exact) mass is 327 g/mol. The second kappa shape index (κ2) is 7.94. The van der Waals surface area contributed by atoms with Crippen LogP contribution in [0.3, 0.4) is 0 Å². The molecule has 7 heteroatoms. The third-order valence-electron chi connectivity index (χ3n) is 4.48. The number of likely N-dealkylation sites (N-methyl/N-ethyl adjacent to an activating group) is 1. The molecule has 0 aliphatic carbocycles. The standard InChI is InChI=1S/C15H25N5O.ClH/c1-18-7-3-8-19(11-10-18)15(21)14-5-9-20(17-14)13-4-2-6-16-12-13;/h5,9,13,16H,2-4,6-8,10-12H2,1H3;1H. The fourth-order valence-electron chi connectivity index (χ4n) is 3.13.